The molecule has 0 saturated heterocycles. The maximum Gasteiger partial charge on any atom is 0.337 e. The van der Waals surface area contributed by atoms with Crippen molar-refractivity contribution in [1.29, 1.82) is 0 Å². The van der Waals surface area contributed by atoms with Crippen molar-refractivity contribution in [2.24, 2.45) is 0 Å². The van der Waals surface area contributed by atoms with Crippen LogP contribution < -0.4 is 0 Å². The number of rotatable bonds is 11. The lowest BCUT2D eigenvalue weighted by atomic mass is 10.1. The Bertz CT molecular complexity index is 1140. The zero-order valence-corrected chi connectivity index (χ0v) is 20.3. The van der Waals surface area contributed by atoms with Gasteiger partial charge >= 0.3 is 11.9 Å². The summed E-state index contributed by atoms with van der Waals surface area (Å²) in [7, 11) is 0. The number of esters is 1. The number of aromatic nitrogens is 2. The van der Waals surface area contributed by atoms with Gasteiger partial charge in [-0.25, -0.2) is 14.6 Å². The highest BCUT2D eigenvalue weighted by Crippen LogP contribution is 2.25. The minimum atomic E-state index is -1.07. The third-order valence-corrected chi connectivity index (χ3v) is 6.49. The highest BCUT2D eigenvalue weighted by molar-refractivity contribution is 7.09. The SMILES string of the molecule is CCCCc1ncc(C=C(Cc2cccs2)C(=O)OCC)n1Cc1cccc(C(=O)O)c1Cl. The summed E-state index contributed by atoms with van der Waals surface area (Å²) < 4.78 is 7.29. The number of imidazole rings is 1. The first-order valence-corrected chi connectivity index (χ1v) is 12.2. The molecule has 33 heavy (non-hydrogen) atoms. The average molecular weight is 487 g/mol. The molecule has 174 valence electrons. The van der Waals surface area contributed by atoms with Gasteiger partial charge in [-0.1, -0.05) is 43.1 Å². The number of aryl methyl sites for hydroxylation is 1. The van der Waals surface area contributed by atoms with Crippen LogP contribution in [0.25, 0.3) is 6.08 Å². The number of hydrogen-bond donors (Lipinski definition) is 1. The summed E-state index contributed by atoms with van der Waals surface area (Å²) in [6.45, 7) is 4.53. The summed E-state index contributed by atoms with van der Waals surface area (Å²) in [5.74, 6) is -0.571. The van der Waals surface area contributed by atoms with Gasteiger partial charge < -0.3 is 14.4 Å². The van der Waals surface area contributed by atoms with Gasteiger partial charge in [-0.2, -0.15) is 0 Å². The Morgan fingerprint density at radius 2 is 2.06 bits per heavy atom. The second-order valence-corrected chi connectivity index (χ2v) is 8.93. The largest absolute Gasteiger partial charge is 0.478 e. The van der Waals surface area contributed by atoms with Crippen LogP contribution in [-0.2, 0) is 28.9 Å². The zero-order chi connectivity index (χ0) is 23.8. The number of hydrogen-bond acceptors (Lipinski definition) is 5. The Balaban J connectivity index is 2.04. The fourth-order valence-corrected chi connectivity index (χ4v) is 4.48. The summed E-state index contributed by atoms with van der Waals surface area (Å²) in [6, 6.07) is 8.92. The number of carbonyl (C=O) groups is 2. The molecule has 1 N–H and O–H groups in total. The normalized spacial score (nSPS) is 11.5. The van der Waals surface area contributed by atoms with Gasteiger partial charge in [-0.3, -0.25) is 0 Å². The summed E-state index contributed by atoms with van der Waals surface area (Å²) in [5.41, 5.74) is 2.02. The molecule has 0 bridgehead atoms. The molecule has 2 aromatic heterocycles. The van der Waals surface area contributed by atoms with Crippen LogP contribution in [-0.4, -0.2) is 33.2 Å². The van der Waals surface area contributed by atoms with E-state index in [1.807, 2.05) is 34.2 Å². The molecule has 1 aromatic carbocycles. The fraction of sp³-hybridized carbons (Fsp3) is 0.320. The van der Waals surface area contributed by atoms with Crippen molar-refractivity contribution in [2.75, 3.05) is 6.61 Å². The molecule has 3 rings (SSSR count). The Hall–Kier alpha value is -2.90. The second kappa shape index (κ2) is 11.8. The topological polar surface area (TPSA) is 81.4 Å². The van der Waals surface area contributed by atoms with Crippen molar-refractivity contribution in [1.82, 2.24) is 9.55 Å². The van der Waals surface area contributed by atoms with Crippen LogP contribution in [0.4, 0.5) is 0 Å². The monoisotopic (exact) mass is 486 g/mol. The Morgan fingerprint density at radius 3 is 2.73 bits per heavy atom. The molecule has 0 aliphatic carbocycles. The molecule has 3 aromatic rings. The number of carboxylic acids is 1. The number of aromatic carboxylic acids is 1. The van der Waals surface area contributed by atoms with Crippen molar-refractivity contribution in [2.45, 2.75) is 46.1 Å². The molecular formula is C25H27ClN2O4S. The van der Waals surface area contributed by atoms with Crippen LogP contribution in [0.3, 0.4) is 0 Å². The quantitative estimate of drug-likeness (QED) is 0.270. The third kappa shape index (κ3) is 6.33. The second-order valence-electron chi connectivity index (χ2n) is 7.52. The molecule has 8 heteroatoms. The Morgan fingerprint density at radius 1 is 1.24 bits per heavy atom. The molecule has 0 aliphatic heterocycles. The standard InChI is InChI=1S/C25H27ClN2O4S/c1-3-5-11-22-27-15-19(13-18(25(31)32-4-2)14-20-9-7-12-33-20)28(22)16-17-8-6-10-21(23(17)26)24(29)30/h6-10,12-13,15H,3-5,11,14,16H2,1-2H3,(H,29,30). The minimum Gasteiger partial charge on any atom is -0.478 e. The van der Waals surface area contributed by atoms with Crippen molar-refractivity contribution in [3.8, 4) is 0 Å². The van der Waals surface area contributed by atoms with Gasteiger partial charge in [-0.05, 0) is 42.5 Å². The van der Waals surface area contributed by atoms with Gasteiger partial charge in [0, 0.05) is 23.3 Å². The molecule has 0 fully saturated rings. The highest BCUT2D eigenvalue weighted by Gasteiger charge is 2.18. The number of nitrogens with zero attached hydrogens (tertiary/aromatic N) is 2. The summed E-state index contributed by atoms with van der Waals surface area (Å²) >= 11 is 8.00. The number of halogens is 1. The van der Waals surface area contributed by atoms with E-state index in [9.17, 15) is 14.7 Å². The molecule has 0 amide bonds. The lowest BCUT2D eigenvalue weighted by Gasteiger charge is -2.14. The molecule has 6 nitrogen and oxygen atoms in total. The summed E-state index contributed by atoms with van der Waals surface area (Å²) in [4.78, 5) is 29.9. The first kappa shape index (κ1) is 24.7. The van der Waals surface area contributed by atoms with Crippen molar-refractivity contribution < 1.29 is 19.4 Å². The number of unbranched alkanes of at least 4 members (excludes halogenated alkanes) is 1. The van der Waals surface area contributed by atoms with E-state index in [-0.39, 0.29) is 16.6 Å². The zero-order valence-electron chi connectivity index (χ0n) is 18.7. The van der Waals surface area contributed by atoms with E-state index in [1.54, 1.807) is 30.5 Å². The van der Waals surface area contributed by atoms with Gasteiger partial charge in [0.2, 0.25) is 0 Å². The van der Waals surface area contributed by atoms with E-state index >= 15 is 0 Å². The van der Waals surface area contributed by atoms with Gasteiger partial charge in [-0.15, -0.1) is 11.3 Å². The van der Waals surface area contributed by atoms with Crippen LogP contribution in [0.1, 0.15) is 59.0 Å². The van der Waals surface area contributed by atoms with Crippen molar-refractivity contribution >= 4 is 41.0 Å². The van der Waals surface area contributed by atoms with Gasteiger partial charge in [0.05, 0.1) is 35.6 Å². The molecule has 2 heterocycles. The van der Waals surface area contributed by atoms with Gasteiger partial charge in [0.25, 0.3) is 0 Å². The van der Waals surface area contributed by atoms with Crippen molar-refractivity contribution in [3.63, 3.8) is 0 Å². The van der Waals surface area contributed by atoms with Crippen LogP contribution >= 0.6 is 22.9 Å². The van der Waals surface area contributed by atoms with Crippen LogP contribution in [0.15, 0.2) is 47.5 Å². The van der Waals surface area contributed by atoms with E-state index in [0.29, 0.717) is 30.7 Å². The van der Waals surface area contributed by atoms with Crippen molar-refractivity contribution in [3.05, 3.63) is 80.0 Å². The molecular weight excluding hydrogens is 460 g/mol. The Labute approximate surface area is 202 Å². The number of ether oxygens (including phenoxy) is 1. The lowest BCUT2D eigenvalue weighted by Crippen LogP contribution is -2.12. The lowest BCUT2D eigenvalue weighted by molar-refractivity contribution is -0.138. The molecule has 0 radical (unpaired) electrons. The van der Waals surface area contributed by atoms with E-state index in [1.165, 1.54) is 6.07 Å². The summed E-state index contributed by atoms with van der Waals surface area (Å²) in [5, 5.41) is 11.6. The fourth-order valence-electron chi connectivity index (χ4n) is 3.48. The predicted octanol–water partition coefficient (Wildman–Crippen LogP) is 5.88. The average Bonchev–Trinajstić information content (AvgIpc) is 3.43. The van der Waals surface area contributed by atoms with Crippen LogP contribution in [0, 0.1) is 0 Å². The van der Waals surface area contributed by atoms with Gasteiger partial charge in [0.15, 0.2) is 0 Å². The van der Waals surface area contributed by atoms with Gasteiger partial charge in [0.1, 0.15) is 5.82 Å². The summed E-state index contributed by atoms with van der Waals surface area (Å²) in [6.07, 6.45) is 6.76. The maximum atomic E-state index is 12.7. The molecule has 0 atom stereocenters. The first-order valence-electron chi connectivity index (χ1n) is 10.9. The number of carbonyl (C=O) groups excluding carboxylic acids is 1. The highest BCUT2D eigenvalue weighted by atomic mass is 35.5. The maximum absolute atomic E-state index is 12.7. The van der Waals surface area contributed by atoms with Crippen LogP contribution in [0.5, 0.6) is 0 Å². The number of thiophene rings is 1. The number of carboxylic acid groups (broad SMARTS) is 1. The molecule has 0 unspecified atom stereocenters. The minimum absolute atomic E-state index is 0.0615. The van der Waals surface area contributed by atoms with E-state index in [0.717, 1.165) is 35.7 Å². The van der Waals surface area contributed by atoms with E-state index < -0.39 is 5.97 Å². The third-order valence-electron chi connectivity index (χ3n) is 5.17. The van der Waals surface area contributed by atoms with E-state index in [4.69, 9.17) is 16.3 Å². The Kier molecular flexibility index (Phi) is 8.86. The van der Waals surface area contributed by atoms with E-state index in [2.05, 4.69) is 11.9 Å². The van der Waals surface area contributed by atoms with Crippen LogP contribution in [0.2, 0.25) is 5.02 Å². The number of benzene rings is 1. The first-order chi connectivity index (χ1) is 15.9. The molecule has 0 saturated carbocycles. The smallest absolute Gasteiger partial charge is 0.337 e. The molecule has 0 aliphatic rings. The predicted molar refractivity (Wildman–Crippen MR) is 131 cm³/mol. The molecule has 0 spiro atoms.